The van der Waals surface area contributed by atoms with Gasteiger partial charge in [0, 0.05) is 38.8 Å². The summed E-state index contributed by atoms with van der Waals surface area (Å²) in [7, 11) is 0. The van der Waals surface area contributed by atoms with E-state index in [-0.39, 0.29) is 0 Å². The van der Waals surface area contributed by atoms with Crippen LogP contribution in [-0.4, -0.2) is 0 Å². The molecule has 1 heterocycles. The summed E-state index contributed by atoms with van der Waals surface area (Å²) in [6, 6.07) is 78.8. The summed E-state index contributed by atoms with van der Waals surface area (Å²) in [6.45, 7) is 2.37. The van der Waals surface area contributed by atoms with Gasteiger partial charge in [0.2, 0.25) is 0 Å². The number of hydrogen-bond acceptors (Lipinski definition) is 2. The van der Waals surface area contributed by atoms with Crippen molar-refractivity contribution < 1.29 is 4.42 Å². The van der Waals surface area contributed by atoms with Crippen LogP contribution in [-0.2, 0) is 5.41 Å². The summed E-state index contributed by atoms with van der Waals surface area (Å²) in [5, 5.41) is 2.26. The maximum absolute atomic E-state index is 6.80. The van der Waals surface area contributed by atoms with Crippen molar-refractivity contribution in [2.24, 2.45) is 0 Å². The van der Waals surface area contributed by atoms with E-state index < -0.39 is 5.41 Å². The Morgan fingerprint density at radius 1 is 0.345 bits per heavy atom. The lowest BCUT2D eigenvalue weighted by Gasteiger charge is -2.29. The van der Waals surface area contributed by atoms with Gasteiger partial charge >= 0.3 is 0 Å². The van der Waals surface area contributed by atoms with Crippen LogP contribution in [0.15, 0.2) is 223 Å². The summed E-state index contributed by atoms with van der Waals surface area (Å²) < 4.78 is 6.80. The van der Waals surface area contributed by atoms with Crippen LogP contribution < -0.4 is 4.90 Å². The fraction of sp³-hybridized carbons (Fsp3) is 0.0357. The number of anilines is 3. The monoisotopic (exact) mass is 741 g/mol. The third-order valence-corrected chi connectivity index (χ3v) is 12.2. The number of rotatable bonds is 7. The lowest BCUT2D eigenvalue weighted by molar-refractivity contribution is 0.638. The standard InChI is InChI=1S/C56H39NO/c1-56(51-21-11-8-18-47(51)48-19-9-12-22-52(48)56)53-37-43(36-50-49-20-10-13-23-54(49)58-55(50)53)42-28-34-46(35-29-42)57(44-30-24-40(25-31-44)38-14-4-2-5-15-38)45-32-26-41(27-33-45)39-16-6-3-7-17-39/h2-37H,1H3. The maximum Gasteiger partial charge on any atom is 0.139 e. The van der Waals surface area contributed by atoms with Crippen molar-refractivity contribution in [3.8, 4) is 44.5 Å². The molecule has 0 atom stereocenters. The molecule has 0 saturated heterocycles. The fourth-order valence-corrected chi connectivity index (χ4v) is 9.23. The molecule has 0 spiro atoms. The highest BCUT2D eigenvalue weighted by Gasteiger charge is 2.42. The summed E-state index contributed by atoms with van der Waals surface area (Å²) in [4.78, 5) is 2.35. The van der Waals surface area contributed by atoms with Gasteiger partial charge < -0.3 is 9.32 Å². The number of hydrogen-bond donors (Lipinski definition) is 0. The van der Waals surface area contributed by atoms with E-state index in [0.717, 1.165) is 50.1 Å². The van der Waals surface area contributed by atoms with E-state index in [4.69, 9.17) is 4.42 Å². The Labute approximate surface area is 338 Å². The van der Waals surface area contributed by atoms with Crippen molar-refractivity contribution in [2.75, 3.05) is 4.90 Å². The van der Waals surface area contributed by atoms with Crippen LogP contribution in [0.25, 0.3) is 66.4 Å². The first-order valence-corrected chi connectivity index (χ1v) is 20.0. The molecule has 58 heavy (non-hydrogen) atoms. The number of nitrogens with zero attached hydrogens (tertiary/aromatic N) is 1. The van der Waals surface area contributed by atoms with Crippen LogP contribution in [0.4, 0.5) is 17.1 Å². The van der Waals surface area contributed by atoms with Crippen molar-refractivity contribution in [2.45, 2.75) is 12.3 Å². The third kappa shape index (κ3) is 5.49. The van der Waals surface area contributed by atoms with E-state index in [1.165, 1.54) is 50.1 Å². The van der Waals surface area contributed by atoms with Crippen molar-refractivity contribution in [3.05, 3.63) is 235 Å². The number of furan rings is 1. The van der Waals surface area contributed by atoms with Gasteiger partial charge in [0.1, 0.15) is 11.2 Å². The smallest absolute Gasteiger partial charge is 0.139 e. The lowest BCUT2D eigenvalue weighted by atomic mass is 9.73. The molecule has 0 saturated carbocycles. The fourth-order valence-electron chi connectivity index (χ4n) is 9.23. The Morgan fingerprint density at radius 2 is 0.759 bits per heavy atom. The first-order chi connectivity index (χ1) is 28.6. The molecule has 0 fully saturated rings. The van der Waals surface area contributed by atoms with E-state index in [0.29, 0.717) is 0 Å². The van der Waals surface area contributed by atoms with Gasteiger partial charge in [-0.2, -0.15) is 0 Å². The molecule has 0 radical (unpaired) electrons. The highest BCUT2D eigenvalue weighted by Crippen LogP contribution is 2.55. The minimum absolute atomic E-state index is 0.413. The zero-order valence-electron chi connectivity index (χ0n) is 32.1. The minimum Gasteiger partial charge on any atom is -0.456 e. The topological polar surface area (TPSA) is 16.4 Å². The van der Waals surface area contributed by atoms with Crippen LogP contribution in [0, 0.1) is 0 Å². The molecular weight excluding hydrogens is 703 g/mol. The van der Waals surface area contributed by atoms with Crippen LogP contribution in [0.2, 0.25) is 0 Å². The maximum atomic E-state index is 6.80. The Morgan fingerprint density at radius 3 is 1.28 bits per heavy atom. The molecule has 11 rings (SSSR count). The van der Waals surface area contributed by atoms with E-state index in [1.54, 1.807) is 0 Å². The Hall–Kier alpha value is -7.42. The number of benzene rings is 9. The summed E-state index contributed by atoms with van der Waals surface area (Å²) in [5.41, 5.74) is 18.2. The molecule has 2 heteroatoms. The summed E-state index contributed by atoms with van der Waals surface area (Å²) >= 11 is 0. The predicted molar refractivity (Wildman–Crippen MR) is 242 cm³/mol. The van der Waals surface area contributed by atoms with E-state index in [9.17, 15) is 0 Å². The van der Waals surface area contributed by atoms with Gasteiger partial charge in [0.15, 0.2) is 0 Å². The second-order valence-corrected chi connectivity index (χ2v) is 15.4. The molecule has 10 aromatic rings. The van der Waals surface area contributed by atoms with E-state index in [2.05, 4.69) is 230 Å². The lowest BCUT2D eigenvalue weighted by Crippen LogP contribution is -2.22. The third-order valence-electron chi connectivity index (χ3n) is 12.2. The average molecular weight is 742 g/mol. The molecular formula is C56H39NO. The van der Waals surface area contributed by atoms with E-state index in [1.807, 2.05) is 0 Å². The molecule has 274 valence electrons. The SMILES string of the molecule is CC1(c2cc(-c3ccc(N(c4ccc(-c5ccccc5)cc4)c4ccc(-c5ccccc5)cc4)cc3)cc3c2oc2ccccc23)c2ccccc2-c2ccccc21. The zero-order valence-corrected chi connectivity index (χ0v) is 32.1. The Bertz CT molecular complexity index is 2960. The van der Waals surface area contributed by atoms with Crippen molar-refractivity contribution in [3.63, 3.8) is 0 Å². The van der Waals surface area contributed by atoms with Crippen molar-refractivity contribution in [1.29, 1.82) is 0 Å². The largest absolute Gasteiger partial charge is 0.456 e. The van der Waals surface area contributed by atoms with Gasteiger partial charge in [-0.3, -0.25) is 0 Å². The number of para-hydroxylation sites is 1. The number of fused-ring (bicyclic) bond motifs is 6. The second kappa shape index (κ2) is 13.7. The van der Waals surface area contributed by atoms with Crippen LogP contribution in [0.5, 0.6) is 0 Å². The molecule has 0 bridgehead atoms. The van der Waals surface area contributed by atoms with Crippen LogP contribution in [0.3, 0.4) is 0 Å². The molecule has 1 aromatic heterocycles. The average Bonchev–Trinajstić information content (AvgIpc) is 3.81. The molecule has 9 aromatic carbocycles. The zero-order chi connectivity index (χ0) is 38.6. The summed E-state index contributed by atoms with van der Waals surface area (Å²) in [6.07, 6.45) is 0. The molecule has 0 aliphatic heterocycles. The van der Waals surface area contributed by atoms with E-state index >= 15 is 0 Å². The van der Waals surface area contributed by atoms with Gasteiger partial charge in [-0.05, 0) is 117 Å². The van der Waals surface area contributed by atoms with Gasteiger partial charge in [-0.15, -0.1) is 0 Å². The van der Waals surface area contributed by atoms with Gasteiger partial charge in [0.25, 0.3) is 0 Å². The van der Waals surface area contributed by atoms with Gasteiger partial charge in [-0.25, -0.2) is 0 Å². The first kappa shape index (κ1) is 33.9. The predicted octanol–water partition coefficient (Wildman–Crippen LogP) is 15.4. The van der Waals surface area contributed by atoms with Crippen molar-refractivity contribution >= 4 is 39.0 Å². The molecule has 0 N–H and O–H groups in total. The highest BCUT2D eigenvalue weighted by atomic mass is 16.3. The first-order valence-electron chi connectivity index (χ1n) is 20.0. The molecule has 2 nitrogen and oxygen atoms in total. The molecule has 1 aliphatic rings. The van der Waals surface area contributed by atoms with Crippen LogP contribution in [0.1, 0.15) is 23.6 Å². The van der Waals surface area contributed by atoms with Gasteiger partial charge in [-0.1, -0.05) is 164 Å². The van der Waals surface area contributed by atoms with Gasteiger partial charge in [0.05, 0.1) is 0 Å². The molecule has 0 unspecified atom stereocenters. The minimum atomic E-state index is -0.413. The normalized spacial score (nSPS) is 12.7. The molecule has 1 aliphatic carbocycles. The van der Waals surface area contributed by atoms with Crippen molar-refractivity contribution in [1.82, 2.24) is 0 Å². The second-order valence-electron chi connectivity index (χ2n) is 15.4. The quantitative estimate of drug-likeness (QED) is 0.162. The molecule has 0 amide bonds. The highest BCUT2D eigenvalue weighted by molar-refractivity contribution is 6.08. The summed E-state index contributed by atoms with van der Waals surface area (Å²) in [5.74, 6) is 0. The Kier molecular flexibility index (Phi) is 7.97. The van der Waals surface area contributed by atoms with Crippen LogP contribution >= 0.6 is 0 Å². The Balaban J connectivity index is 1.04.